The number of nitrogens with one attached hydrogen (secondary N) is 1. The summed E-state index contributed by atoms with van der Waals surface area (Å²) in [5.41, 5.74) is 8.03. The fraction of sp³-hybridized carbons (Fsp3) is 0.450. The van der Waals surface area contributed by atoms with Crippen LogP contribution in [0.25, 0.3) is 0 Å². The largest absolute Gasteiger partial charge is 0.380 e. The Labute approximate surface area is 189 Å². The van der Waals surface area contributed by atoms with Crippen molar-refractivity contribution in [3.8, 4) is 0 Å². The summed E-state index contributed by atoms with van der Waals surface area (Å²) in [6.07, 6.45) is 4.56. The van der Waals surface area contributed by atoms with Gasteiger partial charge in [0.05, 0.1) is 6.61 Å². The van der Waals surface area contributed by atoms with E-state index in [1.165, 1.54) is 0 Å². The molecule has 0 unspecified atom stereocenters. The molecular weight excluding hydrogens is 481 g/mol. The fourth-order valence-electron chi connectivity index (χ4n) is 3.22. The Morgan fingerprint density at radius 2 is 1.86 bits per heavy atom. The molecule has 9 heteroatoms. The second-order valence-corrected chi connectivity index (χ2v) is 6.71. The van der Waals surface area contributed by atoms with E-state index in [1.807, 2.05) is 30.3 Å². The molecule has 1 aromatic heterocycles. The summed E-state index contributed by atoms with van der Waals surface area (Å²) >= 11 is 0. The van der Waals surface area contributed by atoms with E-state index >= 15 is 0 Å². The average molecular weight is 511 g/mol. The first-order valence-corrected chi connectivity index (χ1v) is 9.64. The van der Waals surface area contributed by atoms with Crippen LogP contribution in [0.3, 0.4) is 0 Å². The molecule has 0 atom stereocenters. The lowest BCUT2D eigenvalue weighted by atomic mass is 10.2. The number of para-hydroxylation sites is 1. The molecule has 0 saturated carbocycles. The zero-order valence-corrected chi connectivity index (χ0v) is 19.2. The van der Waals surface area contributed by atoms with Gasteiger partial charge in [-0.25, -0.2) is 9.97 Å². The molecule has 0 aliphatic carbocycles. The highest BCUT2D eigenvalue weighted by atomic mass is 127. The topological polar surface area (TPSA) is 91.9 Å². The van der Waals surface area contributed by atoms with Gasteiger partial charge in [0, 0.05) is 70.0 Å². The summed E-state index contributed by atoms with van der Waals surface area (Å²) in [6, 6.07) is 9.79. The number of benzene rings is 1. The van der Waals surface area contributed by atoms with Crippen molar-refractivity contribution in [1.29, 1.82) is 0 Å². The van der Waals surface area contributed by atoms with Gasteiger partial charge in [-0.05, 0) is 18.6 Å². The monoisotopic (exact) mass is 511 g/mol. The van der Waals surface area contributed by atoms with Gasteiger partial charge in [-0.15, -0.1) is 24.0 Å². The molecule has 3 rings (SSSR count). The van der Waals surface area contributed by atoms with E-state index in [1.54, 1.807) is 19.5 Å². The van der Waals surface area contributed by atoms with Crippen molar-refractivity contribution in [3.63, 3.8) is 0 Å². The Bertz CT molecular complexity index is 752. The lowest BCUT2D eigenvalue weighted by Crippen LogP contribution is -2.47. The van der Waals surface area contributed by atoms with Gasteiger partial charge in [0.25, 0.3) is 0 Å². The molecule has 1 aliphatic heterocycles. The molecule has 1 aliphatic rings. The van der Waals surface area contributed by atoms with Gasteiger partial charge in [-0.2, -0.15) is 0 Å². The molecule has 2 aromatic rings. The number of piperazine rings is 1. The van der Waals surface area contributed by atoms with E-state index in [0.29, 0.717) is 19.1 Å². The van der Waals surface area contributed by atoms with E-state index in [9.17, 15) is 0 Å². The van der Waals surface area contributed by atoms with Crippen molar-refractivity contribution in [2.45, 2.75) is 13.0 Å². The smallest absolute Gasteiger partial charge is 0.225 e. The fourth-order valence-corrected chi connectivity index (χ4v) is 3.22. The maximum Gasteiger partial charge on any atom is 0.225 e. The van der Waals surface area contributed by atoms with Gasteiger partial charge in [0.1, 0.15) is 0 Å². The maximum atomic E-state index is 6.04. The Hall–Kier alpha value is -1.98. The van der Waals surface area contributed by atoms with Crippen LogP contribution in [0.4, 0.5) is 11.6 Å². The zero-order valence-electron chi connectivity index (χ0n) is 16.8. The van der Waals surface area contributed by atoms with Gasteiger partial charge in [-0.1, -0.05) is 18.2 Å². The van der Waals surface area contributed by atoms with Gasteiger partial charge in [-0.3, -0.25) is 9.89 Å². The van der Waals surface area contributed by atoms with Crippen molar-refractivity contribution in [2.75, 3.05) is 56.6 Å². The first-order chi connectivity index (χ1) is 13.8. The summed E-state index contributed by atoms with van der Waals surface area (Å²) in [6.45, 7) is 6.19. The van der Waals surface area contributed by atoms with Crippen LogP contribution in [0.15, 0.2) is 47.7 Å². The average Bonchev–Trinajstić information content (AvgIpc) is 2.74. The third-order valence-electron chi connectivity index (χ3n) is 4.70. The first-order valence-electron chi connectivity index (χ1n) is 9.64. The third kappa shape index (κ3) is 7.41. The van der Waals surface area contributed by atoms with Gasteiger partial charge in [0.15, 0.2) is 5.96 Å². The van der Waals surface area contributed by atoms with Crippen molar-refractivity contribution in [3.05, 3.63) is 48.3 Å². The van der Waals surface area contributed by atoms with Crippen molar-refractivity contribution in [1.82, 2.24) is 14.9 Å². The summed E-state index contributed by atoms with van der Waals surface area (Å²) < 4.78 is 5.21. The zero-order chi connectivity index (χ0) is 19.6. The number of aromatic nitrogens is 2. The molecule has 29 heavy (non-hydrogen) atoms. The number of anilines is 2. The minimum atomic E-state index is 0. The van der Waals surface area contributed by atoms with Crippen LogP contribution in [0.2, 0.25) is 0 Å². The second kappa shape index (κ2) is 12.6. The van der Waals surface area contributed by atoms with E-state index in [4.69, 9.17) is 10.5 Å². The molecule has 3 N–H and O–H groups in total. The first kappa shape index (κ1) is 23.3. The number of hydrogen-bond acceptors (Lipinski definition) is 6. The van der Waals surface area contributed by atoms with Crippen molar-refractivity contribution >= 4 is 41.6 Å². The third-order valence-corrected chi connectivity index (χ3v) is 4.70. The number of nitrogens with two attached hydrogens (primary N) is 1. The number of ether oxygens (including phenoxy) is 1. The van der Waals surface area contributed by atoms with Crippen LogP contribution < -0.4 is 16.0 Å². The predicted octanol–water partition coefficient (Wildman–Crippen LogP) is 2.18. The highest BCUT2D eigenvalue weighted by Gasteiger charge is 2.18. The van der Waals surface area contributed by atoms with Crippen LogP contribution >= 0.6 is 24.0 Å². The SMILES string of the molecule is COCc1ccccc1NC(N)=NCCCN1CCN(c2ncccn2)CC1.I. The van der Waals surface area contributed by atoms with Crippen LogP contribution in [0, 0.1) is 0 Å². The van der Waals surface area contributed by atoms with Crippen LogP contribution in [-0.4, -0.2) is 67.2 Å². The minimum Gasteiger partial charge on any atom is -0.380 e. The molecule has 0 bridgehead atoms. The highest BCUT2D eigenvalue weighted by molar-refractivity contribution is 14.0. The minimum absolute atomic E-state index is 0. The Morgan fingerprint density at radius 1 is 1.14 bits per heavy atom. The number of aliphatic imine (C=N–C) groups is 1. The lowest BCUT2D eigenvalue weighted by Gasteiger charge is -2.34. The second-order valence-electron chi connectivity index (χ2n) is 6.71. The predicted molar refractivity (Wildman–Crippen MR) is 128 cm³/mol. The van der Waals surface area contributed by atoms with Gasteiger partial charge in [0.2, 0.25) is 5.95 Å². The number of methoxy groups -OCH3 is 1. The molecule has 1 saturated heterocycles. The Kier molecular flexibility index (Phi) is 10.1. The number of halogens is 1. The molecule has 1 aromatic carbocycles. The summed E-state index contributed by atoms with van der Waals surface area (Å²) in [4.78, 5) is 17.8. The molecular formula is C20H30IN7O. The molecule has 2 heterocycles. The van der Waals surface area contributed by atoms with E-state index < -0.39 is 0 Å². The van der Waals surface area contributed by atoms with Gasteiger partial charge >= 0.3 is 0 Å². The van der Waals surface area contributed by atoms with Crippen molar-refractivity contribution < 1.29 is 4.74 Å². The van der Waals surface area contributed by atoms with E-state index in [0.717, 1.165) is 56.3 Å². The molecule has 158 valence electrons. The van der Waals surface area contributed by atoms with Crippen LogP contribution in [0.5, 0.6) is 0 Å². The Balaban J connectivity index is 0.00000300. The lowest BCUT2D eigenvalue weighted by molar-refractivity contribution is 0.185. The Morgan fingerprint density at radius 3 is 2.59 bits per heavy atom. The van der Waals surface area contributed by atoms with Crippen LogP contribution in [-0.2, 0) is 11.3 Å². The van der Waals surface area contributed by atoms with E-state index in [-0.39, 0.29) is 24.0 Å². The molecule has 8 nitrogen and oxygen atoms in total. The normalized spacial score (nSPS) is 15.1. The summed E-state index contributed by atoms with van der Waals surface area (Å²) in [5.74, 6) is 1.26. The van der Waals surface area contributed by atoms with Crippen LogP contribution in [0.1, 0.15) is 12.0 Å². The van der Waals surface area contributed by atoms with Gasteiger partial charge < -0.3 is 20.7 Å². The highest BCUT2D eigenvalue weighted by Crippen LogP contribution is 2.15. The quantitative estimate of drug-likeness (QED) is 0.243. The maximum absolute atomic E-state index is 6.04. The molecule has 0 radical (unpaired) electrons. The van der Waals surface area contributed by atoms with E-state index in [2.05, 4.69) is 30.1 Å². The molecule has 1 fully saturated rings. The summed E-state index contributed by atoms with van der Waals surface area (Å²) in [7, 11) is 1.68. The summed E-state index contributed by atoms with van der Waals surface area (Å²) in [5, 5.41) is 3.17. The molecule has 0 amide bonds. The number of rotatable bonds is 8. The van der Waals surface area contributed by atoms with Crippen molar-refractivity contribution in [2.24, 2.45) is 10.7 Å². The number of nitrogens with zero attached hydrogens (tertiary/aromatic N) is 5. The number of guanidine groups is 1. The molecule has 0 spiro atoms. The number of hydrogen-bond donors (Lipinski definition) is 2. The standard InChI is InChI=1S/C20H29N7O.HI/c1-28-16-17-6-2-3-7-18(17)25-19(21)22-10-5-11-26-12-14-27(15-13-26)20-23-8-4-9-24-20;/h2-4,6-9H,5,10-16H2,1H3,(H3,21,22,25);1H.